The molecule has 4 heteroatoms. The summed E-state index contributed by atoms with van der Waals surface area (Å²) in [6, 6.07) is 13.0. The minimum absolute atomic E-state index is 0.0181. The maximum atomic E-state index is 12.4. The maximum absolute atomic E-state index is 12.4. The largest absolute Gasteiger partial charge is 0.294 e. The second-order valence-corrected chi connectivity index (χ2v) is 5.53. The van der Waals surface area contributed by atoms with Gasteiger partial charge >= 0.3 is 0 Å². The molecule has 1 heterocycles. The van der Waals surface area contributed by atoms with Gasteiger partial charge in [-0.1, -0.05) is 31.2 Å². The van der Waals surface area contributed by atoms with Crippen LogP contribution in [0.4, 0.5) is 0 Å². The van der Waals surface area contributed by atoms with Crippen molar-refractivity contribution in [2.24, 2.45) is 0 Å². The van der Waals surface area contributed by atoms with E-state index < -0.39 is 0 Å². The summed E-state index contributed by atoms with van der Waals surface area (Å²) in [4.78, 5) is 24.7. The van der Waals surface area contributed by atoms with E-state index in [9.17, 15) is 9.59 Å². The smallest absolute Gasteiger partial charge is 0.163 e. The predicted molar refractivity (Wildman–Crippen MR) is 89.8 cm³/mol. The molecule has 0 aliphatic carbocycles. The predicted octanol–water partition coefficient (Wildman–Crippen LogP) is 3.97. The number of aryl methyl sites for hydroxylation is 1. The molecule has 4 nitrogen and oxygen atoms in total. The van der Waals surface area contributed by atoms with Gasteiger partial charge in [0.2, 0.25) is 0 Å². The lowest BCUT2D eigenvalue weighted by Crippen LogP contribution is -2.07. The first-order valence-electron chi connectivity index (χ1n) is 7.76. The van der Waals surface area contributed by atoms with Crippen LogP contribution in [0.5, 0.6) is 0 Å². The van der Waals surface area contributed by atoms with Crippen molar-refractivity contribution in [3.63, 3.8) is 0 Å². The maximum Gasteiger partial charge on any atom is 0.163 e. The van der Waals surface area contributed by atoms with Gasteiger partial charge in [-0.15, -0.1) is 0 Å². The highest BCUT2D eigenvalue weighted by atomic mass is 16.1. The number of hydrogen-bond donors (Lipinski definition) is 1. The summed E-state index contributed by atoms with van der Waals surface area (Å²) >= 11 is 0. The van der Waals surface area contributed by atoms with Crippen LogP contribution in [0.3, 0.4) is 0 Å². The molecule has 0 fully saturated rings. The number of carbonyl (C=O) groups is 2. The Kier molecular flexibility index (Phi) is 4.33. The molecular weight excluding hydrogens is 288 g/mol. The number of fused-ring (bicyclic) bond motifs is 1. The van der Waals surface area contributed by atoms with Crippen molar-refractivity contribution in [2.75, 3.05) is 0 Å². The third-order valence-electron chi connectivity index (χ3n) is 4.04. The fourth-order valence-electron chi connectivity index (χ4n) is 2.72. The fourth-order valence-corrected chi connectivity index (χ4v) is 2.72. The van der Waals surface area contributed by atoms with Crippen LogP contribution in [-0.4, -0.2) is 21.8 Å². The van der Waals surface area contributed by atoms with Gasteiger partial charge in [-0.3, -0.25) is 14.7 Å². The van der Waals surface area contributed by atoms with E-state index in [2.05, 4.69) is 10.2 Å². The molecule has 0 radical (unpaired) electrons. The zero-order valence-electron chi connectivity index (χ0n) is 13.0. The number of aromatic amines is 1. The molecule has 0 unspecified atom stereocenters. The minimum Gasteiger partial charge on any atom is -0.294 e. The van der Waals surface area contributed by atoms with Gasteiger partial charge in [0.1, 0.15) is 0 Å². The molecule has 0 bridgehead atoms. The molecule has 1 aromatic heterocycles. The topological polar surface area (TPSA) is 62.8 Å². The normalized spacial score (nSPS) is 10.8. The van der Waals surface area contributed by atoms with E-state index in [-0.39, 0.29) is 24.4 Å². The molecule has 2 aromatic carbocycles. The van der Waals surface area contributed by atoms with Crippen molar-refractivity contribution < 1.29 is 9.59 Å². The number of H-pyrrole nitrogens is 1. The number of rotatable bonds is 6. The van der Waals surface area contributed by atoms with E-state index in [1.54, 1.807) is 12.3 Å². The van der Waals surface area contributed by atoms with Gasteiger partial charge in [-0.25, -0.2) is 0 Å². The van der Waals surface area contributed by atoms with Crippen molar-refractivity contribution in [3.8, 4) is 0 Å². The lowest BCUT2D eigenvalue weighted by molar-refractivity contribution is 0.0917. The van der Waals surface area contributed by atoms with E-state index >= 15 is 0 Å². The number of ketones is 2. The molecule has 0 aliphatic rings. The van der Waals surface area contributed by atoms with Crippen LogP contribution in [-0.2, 0) is 6.42 Å². The van der Waals surface area contributed by atoms with Gasteiger partial charge in [0.15, 0.2) is 11.6 Å². The van der Waals surface area contributed by atoms with Crippen LogP contribution in [0.25, 0.3) is 10.9 Å². The first-order chi connectivity index (χ1) is 11.2. The van der Waals surface area contributed by atoms with Gasteiger partial charge in [0, 0.05) is 29.4 Å². The standard InChI is InChI=1S/C19H18N2O2/c1-2-13-5-3-4-6-16(13)19(23)10-9-18(22)14-7-8-17-15(11-14)12-20-21-17/h3-8,11-12H,2,9-10H2,1H3,(H,20,21). The second kappa shape index (κ2) is 6.57. The van der Waals surface area contributed by atoms with Crippen LogP contribution in [0.2, 0.25) is 0 Å². The average Bonchev–Trinajstić information content (AvgIpc) is 3.06. The van der Waals surface area contributed by atoms with Crippen molar-refractivity contribution >= 4 is 22.5 Å². The average molecular weight is 306 g/mol. The number of Topliss-reactive ketones (excluding diaryl/α,β-unsaturated/α-hetero) is 2. The SMILES string of the molecule is CCc1ccccc1C(=O)CCC(=O)c1ccc2[nH]ncc2c1. The quantitative estimate of drug-likeness (QED) is 0.701. The third kappa shape index (κ3) is 3.21. The molecule has 116 valence electrons. The van der Waals surface area contributed by atoms with E-state index in [0.717, 1.165) is 28.5 Å². The van der Waals surface area contributed by atoms with E-state index in [0.29, 0.717) is 5.56 Å². The highest BCUT2D eigenvalue weighted by Crippen LogP contribution is 2.17. The molecule has 1 N–H and O–H groups in total. The molecule has 0 spiro atoms. The Morgan fingerprint density at radius 3 is 2.65 bits per heavy atom. The van der Waals surface area contributed by atoms with Crippen LogP contribution in [0, 0.1) is 0 Å². The molecule has 23 heavy (non-hydrogen) atoms. The summed E-state index contributed by atoms with van der Waals surface area (Å²) in [6.45, 7) is 2.03. The number of aromatic nitrogens is 2. The van der Waals surface area contributed by atoms with Crippen LogP contribution in [0.15, 0.2) is 48.7 Å². The highest BCUT2D eigenvalue weighted by molar-refractivity contribution is 6.04. The first-order valence-corrected chi connectivity index (χ1v) is 7.76. The van der Waals surface area contributed by atoms with Crippen LogP contribution in [0.1, 0.15) is 46.0 Å². The van der Waals surface area contributed by atoms with Crippen molar-refractivity contribution in [1.82, 2.24) is 10.2 Å². The number of nitrogens with zero attached hydrogens (tertiary/aromatic N) is 1. The lowest BCUT2D eigenvalue weighted by atomic mass is 9.97. The Bertz CT molecular complexity index is 864. The van der Waals surface area contributed by atoms with E-state index in [4.69, 9.17) is 0 Å². The Morgan fingerprint density at radius 2 is 1.83 bits per heavy atom. The van der Waals surface area contributed by atoms with Crippen molar-refractivity contribution in [1.29, 1.82) is 0 Å². The molecular formula is C19H18N2O2. The Balaban J connectivity index is 1.69. The van der Waals surface area contributed by atoms with Crippen molar-refractivity contribution in [3.05, 3.63) is 65.4 Å². The summed E-state index contributed by atoms with van der Waals surface area (Å²) in [7, 11) is 0. The number of carbonyl (C=O) groups excluding carboxylic acids is 2. The van der Waals surface area contributed by atoms with Gasteiger partial charge in [-0.05, 0) is 30.2 Å². The molecule has 3 aromatic rings. The molecule has 0 saturated carbocycles. The number of hydrogen-bond acceptors (Lipinski definition) is 3. The molecule has 0 aliphatic heterocycles. The molecule has 0 amide bonds. The zero-order chi connectivity index (χ0) is 16.2. The molecule has 0 atom stereocenters. The summed E-state index contributed by atoms with van der Waals surface area (Å²) in [5, 5.41) is 7.70. The van der Waals surface area contributed by atoms with Gasteiger partial charge in [0.25, 0.3) is 0 Å². The van der Waals surface area contributed by atoms with E-state index in [1.807, 2.05) is 43.3 Å². The molecule has 3 rings (SSSR count). The van der Waals surface area contributed by atoms with Gasteiger partial charge in [-0.2, -0.15) is 5.10 Å². The number of benzene rings is 2. The fraction of sp³-hybridized carbons (Fsp3) is 0.211. The minimum atomic E-state index is -0.0181. The van der Waals surface area contributed by atoms with Crippen LogP contribution < -0.4 is 0 Å². The summed E-state index contributed by atoms with van der Waals surface area (Å²) in [5.74, 6) is 0.00983. The summed E-state index contributed by atoms with van der Waals surface area (Å²) in [5.41, 5.74) is 3.28. The monoisotopic (exact) mass is 306 g/mol. The van der Waals surface area contributed by atoms with Crippen LogP contribution >= 0.6 is 0 Å². The Labute approximate surface area is 134 Å². The van der Waals surface area contributed by atoms with Gasteiger partial charge in [0.05, 0.1) is 11.7 Å². The van der Waals surface area contributed by atoms with Gasteiger partial charge < -0.3 is 0 Å². The third-order valence-corrected chi connectivity index (χ3v) is 4.04. The zero-order valence-corrected chi connectivity index (χ0v) is 13.0. The summed E-state index contributed by atoms with van der Waals surface area (Å²) in [6.07, 6.45) is 2.96. The summed E-state index contributed by atoms with van der Waals surface area (Å²) < 4.78 is 0. The Hall–Kier alpha value is -2.75. The molecule has 0 saturated heterocycles. The lowest BCUT2D eigenvalue weighted by Gasteiger charge is -2.06. The Morgan fingerprint density at radius 1 is 1.04 bits per heavy atom. The van der Waals surface area contributed by atoms with Crippen molar-refractivity contribution in [2.45, 2.75) is 26.2 Å². The number of nitrogens with one attached hydrogen (secondary N) is 1. The second-order valence-electron chi connectivity index (χ2n) is 5.53. The van der Waals surface area contributed by atoms with E-state index in [1.165, 1.54) is 0 Å². The first kappa shape index (κ1) is 15.2. The highest BCUT2D eigenvalue weighted by Gasteiger charge is 2.13.